The van der Waals surface area contributed by atoms with Crippen molar-refractivity contribution in [2.24, 2.45) is 0 Å². The molecule has 1 saturated heterocycles. The summed E-state index contributed by atoms with van der Waals surface area (Å²) in [6, 6.07) is 0.361. The number of amides is 1. The lowest BCUT2D eigenvalue weighted by Crippen LogP contribution is -2.52. The second-order valence-corrected chi connectivity index (χ2v) is 4.48. The SMILES string of the molecule is CC[C@H]1CO[C@@H](C)CN1CC(=O)NCCOC. The van der Waals surface area contributed by atoms with E-state index in [1.54, 1.807) is 7.11 Å². The molecule has 0 spiro atoms. The molecule has 0 radical (unpaired) electrons. The molecule has 1 aliphatic heterocycles. The highest BCUT2D eigenvalue weighted by molar-refractivity contribution is 5.78. The van der Waals surface area contributed by atoms with Gasteiger partial charge >= 0.3 is 0 Å². The predicted octanol–water partition coefficient (Wildman–Crippen LogP) is 0.248. The third-order valence-electron chi connectivity index (χ3n) is 3.03. The third-order valence-corrected chi connectivity index (χ3v) is 3.03. The van der Waals surface area contributed by atoms with Crippen LogP contribution < -0.4 is 5.32 Å². The molecule has 1 fully saturated rings. The molecule has 2 atom stereocenters. The molecule has 0 saturated carbocycles. The van der Waals surface area contributed by atoms with E-state index in [1.165, 1.54) is 0 Å². The Hall–Kier alpha value is -0.650. The molecule has 0 aromatic carbocycles. The predicted molar refractivity (Wildman–Crippen MR) is 66.0 cm³/mol. The van der Waals surface area contributed by atoms with E-state index < -0.39 is 0 Å². The minimum absolute atomic E-state index is 0.0644. The van der Waals surface area contributed by atoms with Crippen molar-refractivity contribution in [2.75, 3.05) is 40.0 Å². The minimum atomic E-state index is 0.0644. The van der Waals surface area contributed by atoms with Crippen molar-refractivity contribution in [3.63, 3.8) is 0 Å². The molecule has 1 aliphatic rings. The number of rotatable bonds is 6. The Kier molecular flexibility index (Phi) is 6.47. The summed E-state index contributed by atoms with van der Waals surface area (Å²) in [7, 11) is 1.63. The number of nitrogens with zero attached hydrogens (tertiary/aromatic N) is 1. The molecule has 5 heteroatoms. The monoisotopic (exact) mass is 244 g/mol. The van der Waals surface area contributed by atoms with Gasteiger partial charge in [0.2, 0.25) is 5.91 Å². The largest absolute Gasteiger partial charge is 0.383 e. The van der Waals surface area contributed by atoms with Crippen LogP contribution in [-0.4, -0.2) is 62.9 Å². The fourth-order valence-electron chi connectivity index (χ4n) is 2.02. The highest BCUT2D eigenvalue weighted by Gasteiger charge is 2.26. The van der Waals surface area contributed by atoms with Crippen LogP contribution in [0.1, 0.15) is 20.3 Å². The van der Waals surface area contributed by atoms with Crippen molar-refractivity contribution in [1.29, 1.82) is 0 Å². The van der Waals surface area contributed by atoms with Crippen LogP contribution in [0.4, 0.5) is 0 Å². The van der Waals surface area contributed by atoms with Crippen molar-refractivity contribution >= 4 is 5.91 Å². The van der Waals surface area contributed by atoms with Gasteiger partial charge in [0, 0.05) is 26.2 Å². The fourth-order valence-corrected chi connectivity index (χ4v) is 2.02. The number of hydrogen-bond acceptors (Lipinski definition) is 4. The first-order valence-corrected chi connectivity index (χ1v) is 6.28. The molecule has 100 valence electrons. The van der Waals surface area contributed by atoms with E-state index >= 15 is 0 Å². The number of nitrogens with one attached hydrogen (secondary N) is 1. The highest BCUT2D eigenvalue weighted by atomic mass is 16.5. The first-order valence-electron chi connectivity index (χ1n) is 6.28. The lowest BCUT2D eigenvalue weighted by molar-refractivity contribution is -0.126. The molecule has 0 aromatic heterocycles. The molecule has 0 aliphatic carbocycles. The topological polar surface area (TPSA) is 50.8 Å². The van der Waals surface area contributed by atoms with Crippen LogP contribution in [0.15, 0.2) is 0 Å². The Morgan fingerprint density at radius 3 is 3.00 bits per heavy atom. The van der Waals surface area contributed by atoms with Crippen LogP contribution >= 0.6 is 0 Å². The van der Waals surface area contributed by atoms with Crippen LogP contribution in [-0.2, 0) is 14.3 Å². The van der Waals surface area contributed by atoms with Gasteiger partial charge in [-0.2, -0.15) is 0 Å². The maximum absolute atomic E-state index is 11.7. The summed E-state index contributed by atoms with van der Waals surface area (Å²) in [5, 5.41) is 2.84. The van der Waals surface area contributed by atoms with E-state index in [2.05, 4.69) is 17.1 Å². The van der Waals surface area contributed by atoms with Crippen molar-refractivity contribution in [3.05, 3.63) is 0 Å². The van der Waals surface area contributed by atoms with Gasteiger partial charge in [0.15, 0.2) is 0 Å². The number of carbonyl (C=O) groups excluding carboxylic acids is 1. The molecular weight excluding hydrogens is 220 g/mol. The van der Waals surface area contributed by atoms with Crippen molar-refractivity contribution in [1.82, 2.24) is 10.2 Å². The lowest BCUT2D eigenvalue weighted by atomic mass is 10.1. The number of methoxy groups -OCH3 is 1. The van der Waals surface area contributed by atoms with Crippen molar-refractivity contribution in [3.8, 4) is 0 Å². The maximum atomic E-state index is 11.7. The van der Waals surface area contributed by atoms with Gasteiger partial charge in [-0.3, -0.25) is 9.69 Å². The summed E-state index contributed by atoms with van der Waals surface area (Å²) in [6.07, 6.45) is 1.22. The highest BCUT2D eigenvalue weighted by Crippen LogP contribution is 2.13. The second-order valence-electron chi connectivity index (χ2n) is 4.48. The van der Waals surface area contributed by atoms with Gasteiger partial charge in [-0.05, 0) is 13.3 Å². The van der Waals surface area contributed by atoms with E-state index in [4.69, 9.17) is 9.47 Å². The molecule has 17 heavy (non-hydrogen) atoms. The van der Waals surface area contributed by atoms with E-state index in [0.717, 1.165) is 19.6 Å². The third kappa shape index (κ3) is 5.02. The van der Waals surface area contributed by atoms with Gasteiger partial charge in [0.05, 0.1) is 25.9 Å². The zero-order valence-corrected chi connectivity index (χ0v) is 11.1. The Morgan fingerprint density at radius 2 is 2.35 bits per heavy atom. The van der Waals surface area contributed by atoms with Gasteiger partial charge in [-0.25, -0.2) is 0 Å². The molecule has 1 N–H and O–H groups in total. The number of morpholine rings is 1. The molecule has 0 unspecified atom stereocenters. The van der Waals surface area contributed by atoms with Crippen LogP contribution in [0.2, 0.25) is 0 Å². The summed E-state index contributed by atoms with van der Waals surface area (Å²) in [6.45, 7) is 7.31. The first kappa shape index (κ1) is 14.4. The summed E-state index contributed by atoms with van der Waals surface area (Å²) in [5.41, 5.74) is 0. The van der Waals surface area contributed by atoms with Crippen LogP contribution in [0, 0.1) is 0 Å². The summed E-state index contributed by atoms with van der Waals surface area (Å²) >= 11 is 0. The lowest BCUT2D eigenvalue weighted by Gasteiger charge is -2.37. The van der Waals surface area contributed by atoms with E-state index in [-0.39, 0.29) is 12.0 Å². The Labute approximate surface area is 103 Å². The molecule has 1 rings (SSSR count). The molecule has 1 heterocycles. The average molecular weight is 244 g/mol. The Bertz CT molecular complexity index is 236. The van der Waals surface area contributed by atoms with Crippen LogP contribution in [0.3, 0.4) is 0 Å². The normalized spacial score (nSPS) is 25.8. The smallest absolute Gasteiger partial charge is 0.234 e. The van der Waals surface area contributed by atoms with Gasteiger partial charge in [-0.1, -0.05) is 6.92 Å². The van der Waals surface area contributed by atoms with Gasteiger partial charge in [-0.15, -0.1) is 0 Å². The van der Waals surface area contributed by atoms with E-state index in [0.29, 0.717) is 25.7 Å². The quantitative estimate of drug-likeness (QED) is 0.680. The van der Waals surface area contributed by atoms with Crippen LogP contribution in [0.5, 0.6) is 0 Å². The number of carbonyl (C=O) groups is 1. The van der Waals surface area contributed by atoms with E-state index in [1.807, 2.05) is 6.92 Å². The zero-order valence-electron chi connectivity index (χ0n) is 11.1. The standard InChI is InChI=1S/C12H24N2O3/c1-4-11-9-17-10(2)7-14(11)8-12(15)13-5-6-16-3/h10-11H,4-9H2,1-3H3,(H,13,15)/t10-,11-/m0/s1. The van der Waals surface area contributed by atoms with Crippen molar-refractivity contribution < 1.29 is 14.3 Å². The first-order chi connectivity index (χ1) is 8.17. The van der Waals surface area contributed by atoms with Gasteiger partial charge < -0.3 is 14.8 Å². The molecule has 1 amide bonds. The summed E-state index contributed by atoms with van der Waals surface area (Å²) < 4.78 is 10.5. The summed E-state index contributed by atoms with van der Waals surface area (Å²) in [5.74, 6) is 0.0644. The molecule has 0 aromatic rings. The molecular formula is C12H24N2O3. The van der Waals surface area contributed by atoms with Crippen LogP contribution in [0.25, 0.3) is 0 Å². The fraction of sp³-hybridized carbons (Fsp3) is 0.917. The minimum Gasteiger partial charge on any atom is -0.383 e. The Morgan fingerprint density at radius 1 is 1.59 bits per heavy atom. The maximum Gasteiger partial charge on any atom is 0.234 e. The number of ether oxygens (including phenoxy) is 2. The van der Waals surface area contributed by atoms with Gasteiger partial charge in [0.1, 0.15) is 0 Å². The second kappa shape index (κ2) is 7.63. The van der Waals surface area contributed by atoms with Crippen molar-refractivity contribution in [2.45, 2.75) is 32.4 Å². The summed E-state index contributed by atoms with van der Waals surface area (Å²) in [4.78, 5) is 13.9. The Balaban J connectivity index is 2.33. The molecule has 0 bridgehead atoms. The average Bonchev–Trinajstić information content (AvgIpc) is 2.29. The number of hydrogen-bond donors (Lipinski definition) is 1. The molecule has 5 nitrogen and oxygen atoms in total. The van der Waals surface area contributed by atoms with Gasteiger partial charge in [0.25, 0.3) is 0 Å². The zero-order chi connectivity index (χ0) is 12.7. The van der Waals surface area contributed by atoms with E-state index in [9.17, 15) is 4.79 Å².